The predicted octanol–water partition coefficient (Wildman–Crippen LogP) is 1.15. The number of rotatable bonds is 4. The van der Waals surface area contributed by atoms with Crippen molar-refractivity contribution in [2.75, 3.05) is 39.3 Å². The Kier molecular flexibility index (Phi) is 4.62. The van der Waals surface area contributed by atoms with Crippen LogP contribution in [0, 0.1) is 0 Å². The van der Waals surface area contributed by atoms with Gasteiger partial charge < -0.3 is 5.32 Å². The summed E-state index contributed by atoms with van der Waals surface area (Å²) < 4.78 is 0. The summed E-state index contributed by atoms with van der Waals surface area (Å²) in [6, 6.07) is 1.54. The molecule has 0 spiro atoms. The summed E-state index contributed by atoms with van der Waals surface area (Å²) in [5.74, 6) is 0. The average molecular weight is 225 g/mol. The molecule has 3 nitrogen and oxygen atoms in total. The van der Waals surface area contributed by atoms with Crippen molar-refractivity contribution in [3.05, 3.63) is 0 Å². The van der Waals surface area contributed by atoms with Gasteiger partial charge in [-0.15, -0.1) is 0 Å². The van der Waals surface area contributed by atoms with E-state index in [4.69, 9.17) is 0 Å². The van der Waals surface area contributed by atoms with E-state index in [1.54, 1.807) is 0 Å². The highest BCUT2D eigenvalue weighted by atomic mass is 15.3. The summed E-state index contributed by atoms with van der Waals surface area (Å²) in [7, 11) is 0. The van der Waals surface area contributed by atoms with Crippen molar-refractivity contribution in [2.45, 2.75) is 45.2 Å². The van der Waals surface area contributed by atoms with Crippen molar-refractivity contribution in [2.24, 2.45) is 0 Å². The molecule has 2 aliphatic heterocycles. The Labute approximate surface area is 100 Å². The first kappa shape index (κ1) is 12.3. The summed E-state index contributed by atoms with van der Waals surface area (Å²) in [4.78, 5) is 5.28. The number of nitrogens with zero attached hydrogens (tertiary/aromatic N) is 2. The largest absolute Gasteiger partial charge is 0.313 e. The van der Waals surface area contributed by atoms with Gasteiger partial charge in [-0.1, -0.05) is 6.92 Å². The fraction of sp³-hybridized carbons (Fsp3) is 1.00. The maximum Gasteiger partial charge on any atom is 0.0195 e. The molecule has 2 aliphatic rings. The van der Waals surface area contributed by atoms with Crippen molar-refractivity contribution in [1.82, 2.24) is 15.1 Å². The first-order chi connectivity index (χ1) is 7.79. The molecule has 3 heteroatoms. The molecule has 0 aromatic rings. The maximum atomic E-state index is 3.59. The molecule has 94 valence electrons. The number of nitrogens with one attached hydrogen (secondary N) is 1. The van der Waals surface area contributed by atoms with E-state index in [1.807, 2.05) is 0 Å². The standard InChI is InChI=1S/C13H27N3/c1-3-12(2)16-9-7-15(8-10-16)11-13-5-4-6-14-13/h12-14H,3-11H2,1-2H3/t12?,13-/m0/s1. The van der Waals surface area contributed by atoms with Crippen molar-refractivity contribution in [1.29, 1.82) is 0 Å². The van der Waals surface area contributed by atoms with E-state index in [9.17, 15) is 0 Å². The van der Waals surface area contributed by atoms with Crippen molar-refractivity contribution in [3.63, 3.8) is 0 Å². The van der Waals surface area contributed by atoms with Gasteiger partial charge in [0, 0.05) is 44.8 Å². The number of hydrogen-bond acceptors (Lipinski definition) is 3. The topological polar surface area (TPSA) is 18.5 Å². The van der Waals surface area contributed by atoms with Gasteiger partial charge in [0.1, 0.15) is 0 Å². The second-order valence-electron chi connectivity index (χ2n) is 5.39. The lowest BCUT2D eigenvalue weighted by molar-refractivity contribution is 0.0954. The van der Waals surface area contributed by atoms with Gasteiger partial charge >= 0.3 is 0 Å². The molecule has 0 radical (unpaired) electrons. The summed E-state index contributed by atoms with van der Waals surface area (Å²) in [6.07, 6.45) is 4.03. The Hall–Kier alpha value is -0.120. The van der Waals surface area contributed by atoms with Crippen LogP contribution in [-0.4, -0.2) is 61.2 Å². The van der Waals surface area contributed by atoms with Crippen LogP contribution in [0.25, 0.3) is 0 Å². The first-order valence-corrected chi connectivity index (χ1v) is 6.99. The van der Waals surface area contributed by atoms with Gasteiger partial charge in [-0.05, 0) is 32.7 Å². The summed E-state index contributed by atoms with van der Waals surface area (Å²) >= 11 is 0. The number of hydrogen-bond donors (Lipinski definition) is 1. The van der Waals surface area contributed by atoms with E-state index in [2.05, 4.69) is 29.0 Å². The third-order valence-corrected chi connectivity index (χ3v) is 4.26. The van der Waals surface area contributed by atoms with Gasteiger partial charge in [0.25, 0.3) is 0 Å². The molecule has 2 rings (SSSR count). The Morgan fingerprint density at radius 1 is 1.25 bits per heavy atom. The van der Waals surface area contributed by atoms with Crippen LogP contribution in [0.3, 0.4) is 0 Å². The zero-order valence-electron chi connectivity index (χ0n) is 10.9. The van der Waals surface area contributed by atoms with Gasteiger partial charge in [0.15, 0.2) is 0 Å². The first-order valence-electron chi connectivity index (χ1n) is 6.99. The zero-order valence-corrected chi connectivity index (χ0v) is 10.9. The predicted molar refractivity (Wildman–Crippen MR) is 68.8 cm³/mol. The van der Waals surface area contributed by atoms with E-state index in [1.165, 1.54) is 58.5 Å². The molecule has 0 amide bonds. The molecular formula is C13H27N3. The van der Waals surface area contributed by atoms with Gasteiger partial charge in [0.2, 0.25) is 0 Å². The Balaban J connectivity index is 1.68. The summed E-state index contributed by atoms with van der Waals surface area (Å²) in [5.41, 5.74) is 0. The third kappa shape index (κ3) is 3.19. The quantitative estimate of drug-likeness (QED) is 0.774. The normalized spacial score (nSPS) is 30.8. The minimum atomic E-state index is 0.770. The molecule has 0 saturated carbocycles. The molecule has 1 N–H and O–H groups in total. The van der Waals surface area contributed by atoms with Crippen LogP contribution in [0.1, 0.15) is 33.1 Å². The Bertz CT molecular complexity index is 193. The molecule has 1 unspecified atom stereocenters. The molecule has 2 saturated heterocycles. The second kappa shape index (κ2) is 5.99. The van der Waals surface area contributed by atoms with Crippen LogP contribution in [0.15, 0.2) is 0 Å². The minimum absolute atomic E-state index is 0.770. The Morgan fingerprint density at radius 2 is 2.00 bits per heavy atom. The van der Waals surface area contributed by atoms with E-state index in [-0.39, 0.29) is 0 Å². The monoisotopic (exact) mass is 225 g/mol. The SMILES string of the molecule is CCC(C)N1CCN(C[C@@H]2CCCN2)CC1. The van der Waals surface area contributed by atoms with E-state index in [0.717, 1.165) is 12.1 Å². The van der Waals surface area contributed by atoms with Crippen LogP contribution in [-0.2, 0) is 0 Å². The second-order valence-corrected chi connectivity index (χ2v) is 5.39. The molecule has 2 atom stereocenters. The van der Waals surface area contributed by atoms with Crippen molar-refractivity contribution < 1.29 is 0 Å². The molecule has 0 bridgehead atoms. The van der Waals surface area contributed by atoms with E-state index in [0.29, 0.717) is 0 Å². The highest BCUT2D eigenvalue weighted by Crippen LogP contribution is 2.11. The third-order valence-electron chi connectivity index (χ3n) is 4.26. The number of piperazine rings is 1. The van der Waals surface area contributed by atoms with E-state index < -0.39 is 0 Å². The maximum absolute atomic E-state index is 3.59. The van der Waals surface area contributed by atoms with Crippen LogP contribution in [0.5, 0.6) is 0 Å². The smallest absolute Gasteiger partial charge is 0.0195 e. The van der Waals surface area contributed by atoms with Gasteiger partial charge in [-0.25, -0.2) is 0 Å². The lowest BCUT2D eigenvalue weighted by Crippen LogP contribution is -2.51. The highest BCUT2D eigenvalue weighted by molar-refractivity contribution is 4.82. The van der Waals surface area contributed by atoms with Crippen LogP contribution >= 0.6 is 0 Å². The lowest BCUT2D eigenvalue weighted by Gasteiger charge is -2.38. The lowest BCUT2D eigenvalue weighted by atomic mass is 10.1. The highest BCUT2D eigenvalue weighted by Gasteiger charge is 2.23. The molecular weight excluding hydrogens is 198 g/mol. The average Bonchev–Trinajstić information content (AvgIpc) is 2.82. The molecule has 0 aliphatic carbocycles. The van der Waals surface area contributed by atoms with Crippen LogP contribution in [0.4, 0.5) is 0 Å². The van der Waals surface area contributed by atoms with Crippen LogP contribution < -0.4 is 5.32 Å². The van der Waals surface area contributed by atoms with Crippen molar-refractivity contribution >= 4 is 0 Å². The summed E-state index contributed by atoms with van der Waals surface area (Å²) in [5, 5.41) is 3.59. The zero-order chi connectivity index (χ0) is 11.4. The minimum Gasteiger partial charge on any atom is -0.313 e. The summed E-state index contributed by atoms with van der Waals surface area (Å²) in [6.45, 7) is 12.2. The molecule has 0 aromatic carbocycles. The van der Waals surface area contributed by atoms with Gasteiger partial charge in [-0.2, -0.15) is 0 Å². The van der Waals surface area contributed by atoms with Crippen molar-refractivity contribution in [3.8, 4) is 0 Å². The molecule has 2 heterocycles. The molecule has 16 heavy (non-hydrogen) atoms. The van der Waals surface area contributed by atoms with Crippen LogP contribution in [0.2, 0.25) is 0 Å². The fourth-order valence-corrected chi connectivity index (χ4v) is 2.87. The molecule has 2 fully saturated rings. The van der Waals surface area contributed by atoms with E-state index >= 15 is 0 Å². The van der Waals surface area contributed by atoms with Gasteiger partial charge in [-0.3, -0.25) is 9.80 Å². The fourth-order valence-electron chi connectivity index (χ4n) is 2.87. The Morgan fingerprint density at radius 3 is 2.56 bits per heavy atom. The van der Waals surface area contributed by atoms with Gasteiger partial charge in [0.05, 0.1) is 0 Å². The molecule has 0 aromatic heterocycles.